The minimum atomic E-state index is -0.193. The van der Waals surface area contributed by atoms with Crippen molar-refractivity contribution >= 4 is 0 Å². The summed E-state index contributed by atoms with van der Waals surface area (Å²) in [4.78, 5) is 0. The highest BCUT2D eigenvalue weighted by Gasteiger charge is 2.34. The van der Waals surface area contributed by atoms with Gasteiger partial charge in [-0.15, -0.1) is 0 Å². The molecule has 0 bridgehead atoms. The second-order valence-electron chi connectivity index (χ2n) is 24.0. The summed E-state index contributed by atoms with van der Waals surface area (Å²) in [7, 11) is 0. The van der Waals surface area contributed by atoms with Crippen LogP contribution in [0.5, 0.6) is 17.2 Å². The van der Waals surface area contributed by atoms with Gasteiger partial charge in [0.25, 0.3) is 0 Å². The van der Waals surface area contributed by atoms with Crippen LogP contribution in [0.1, 0.15) is 267 Å². The molecule has 4 aromatic carbocycles. The summed E-state index contributed by atoms with van der Waals surface area (Å²) in [6.07, 6.45) is 10.6. The molecule has 0 atom stereocenters. The first-order valence-corrected chi connectivity index (χ1v) is 26.3. The third-order valence-corrected chi connectivity index (χ3v) is 17.6. The van der Waals surface area contributed by atoms with Crippen LogP contribution in [0.3, 0.4) is 0 Å². The van der Waals surface area contributed by atoms with Crippen LogP contribution >= 0.6 is 0 Å². The molecular weight excluding hydrogens is 805 g/mol. The van der Waals surface area contributed by atoms with Crippen molar-refractivity contribution in [3.05, 3.63) is 120 Å². The van der Waals surface area contributed by atoms with Gasteiger partial charge in [-0.3, -0.25) is 0 Å². The van der Waals surface area contributed by atoms with Crippen LogP contribution in [-0.4, -0.2) is 15.3 Å². The molecule has 0 radical (unpaired) electrons. The van der Waals surface area contributed by atoms with Crippen LogP contribution in [0, 0.1) is 0 Å². The van der Waals surface area contributed by atoms with Crippen LogP contribution in [0.25, 0.3) is 0 Å². The van der Waals surface area contributed by atoms with Gasteiger partial charge >= 0.3 is 0 Å². The highest BCUT2D eigenvalue weighted by atomic mass is 16.3. The second kappa shape index (κ2) is 20.5. The van der Waals surface area contributed by atoms with E-state index < -0.39 is 0 Å². The fraction of sp³-hybridized carbons (Fsp3) is 0.619. The Morgan fingerprint density at radius 3 is 0.545 bits per heavy atom. The van der Waals surface area contributed by atoms with Crippen molar-refractivity contribution < 1.29 is 15.3 Å². The molecule has 3 N–H and O–H groups in total. The van der Waals surface area contributed by atoms with Gasteiger partial charge < -0.3 is 15.3 Å². The van der Waals surface area contributed by atoms with Crippen molar-refractivity contribution in [3.8, 4) is 17.2 Å². The molecule has 0 saturated carbocycles. The Bertz CT molecular complexity index is 1950. The maximum absolute atomic E-state index is 12.1. The summed E-state index contributed by atoms with van der Waals surface area (Å²) in [6.45, 7) is 47.7. The molecule has 0 spiro atoms. The van der Waals surface area contributed by atoms with Crippen LogP contribution < -0.4 is 0 Å². The first-order valence-electron chi connectivity index (χ1n) is 26.3. The summed E-state index contributed by atoms with van der Waals surface area (Å²) in [6, 6.07) is 14.0. The molecule has 0 unspecified atom stereocenters. The summed E-state index contributed by atoms with van der Waals surface area (Å²) in [5.74, 6) is 1.37. The fourth-order valence-electron chi connectivity index (χ4n) is 10.3. The minimum absolute atomic E-state index is 0.193. The number of rotatable bonds is 21. The van der Waals surface area contributed by atoms with Gasteiger partial charge in [0.1, 0.15) is 17.2 Å². The monoisotopic (exact) mass is 901 g/mol. The standard InChI is InChI=1S/C63H96O3/c1-22-43-46(31-40-34-49(58(10,11)25-4)55(64)50(35-40)59(12,13)26-5)44(23-2)48(33-42-38-53(62(18,19)29-8)57(66)54(39-42)63(20,21)30-9)45(24-3)47(43)32-41-36-51(60(14,15)27-6)56(65)52(37-41)61(16,17)28-7/h34-39,64-66H,22-33H2,1-21H3. The van der Waals surface area contributed by atoms with Gasteiger partial charge in [0.05, 0.1) is 0 Å². The predicted octanol–water partition coefficient (Wildman–Crippen LogP) is 17.4. The van der Waals surface area contributed by atoms with Gasteiger partial charge in [0.15, 0.2) is 0 Å². The third kappa shape index (κ3) is 10.8. The average molecular weight is 901 g/mol. The summed E-state index contributed by atoms with van der Waals surface area (Å²) < 4.78 is 0. The molecular formula is C63H96O3. The molecule has 0 aliphatic rings. The molecule has 0 aliphatic heterocycles. The summed E-state index contributed by atoms with van der Waals surface area (Å²) in [5, 5.41) is 36.3. The Hall–Kier alpha value is -3.72. The molecule has 4 aromatic rings. The Morgan fingerprint density at radius 1 is 0.273 bits per heavy atom. The quantitative estimate of drug-likeness (QED) is 0.0781. The molecule has 0 amide bonds. The fourth-order valence-corrected chi connectivity index (χ4v) is 10.3. The first-order chi connectivity index (χ1) is 30.5. The van der Waals surface area contributed by atoms with E-state index in [1.54, 1.807) is 0 Å². The number of hydrogen-bond donors (Lipinski definition) is 3. The van der Waals surface area contributed by atoms with Crippen LogP contribution in [-0.2, 0) is 71.0 Å². The van der Waals surface area contributed by atoms with Crippen LogP contribution in [0.15, 0.2) is 36.4 Å². The molecule has 4 rings (SSSR count). The molecule has 3 nitrogen and oxygen atoms in total. The van der Waals surface area contributed by atoms with E-state index in [9.17, 15) is 15.3 Å². The van der Waals surface area contributed by atoms with Gasteiger partial charge in [0.2, 0.25) is 0 Å². The number of phenolic OH excluding ortho intramolecular Hbond substituents is 3. The SMILES string of the molecule is CCc1c(Cc2cc(C(C)(C)CC)c(O)c(C(C)(C)CC)c2)c(CC)c(Cc2cc(C(C)(C)CC)c(O)c(C(C)(C)CC)c2)c(CC)c1Cc1cc(C(C)(C)CC)c(O)c(C(C)(C)CC)c1. The lowest BCUT2D eigenvalue weighted by Crippen LogP contribution is -2.22. The van der Waals surface area contributed by atoms with Gasteiger partial charge in [-0.05, 0) is 160 Å². The predicted molar refractivity (Wildman–Crippen MR) is 287 cm³/mol. The zero-order chi connectivity index (χ0) is 50.1. The molecule has 0 fully saturated rings. The van der Waals surface area contributed by atoms with E-state index in [1.807, 2.05) is 0 Å². The molecule has 3 heteroatoms. The van der Waals surface area contributed by atoms with Gasteiger partial charge in [-0.25, -0.2) is 0 Å². The average Bonchev–Trinajstić information content (AvgIpc) is 3.27. The normalized spacial score (nSPS) is 13.2. The van der Waals surface area contributed by atoms with Crippen LogP contribution in [0.4, 0.5) is 0 Å². The maximum Gasteiger partial charge on any atom is 0.123 e. The van der Waals surface area contributed by atoms with Crippen molar-refractivity contribution in [2.24, 2.45) is 0 Å². The lowest BCUT2D eigenvalue weighted by atomic mass is 9.72. The lowest BCUT2D eigenvalue weighted by Gasteiger charge is -2.33. The number of benzene rings is 4. The zero-order valence-corrected chi connectivity index (χ0v) is 46.3. The molecule has 366 valence electrons. The van der Waals surface area contributed by atoms with Crippen molar-refractivity contribution in [2.45, 2.75) is 255 Å². The minimum Gasteiger partial charge on any atom is -0.507 e. The smallest absolute Gasteiger partial charge is 0.123 e. The van der Waals surface area contributed by atoms with Crippen molar-refractivity contribution in [1.82, 2.24) is 0 Å². The summed E-state index contributed by atoms with van der Waals surface area (Å²) in [5.41, 5.74) is 17.5. The Morgan fingerprint density at radius 2 is 0.424 bits per heavy atom. The van der Waals surface area contributed by atoms with Gasteiger partial charge in [-0.1, -0.05) is 182 Å². The van der Waals surface area contributed by atoms with Crippen LogP contribution in [0.2, 0.25) is 0 Å². The molecule has 66 heavy (non-hydrogen) atoms. The van der Waals surface area contributed by atoms with Gasteiger partial charge in [-0.2, -0.15) is 0 Å². The van der Waals surface area contributed by atoms with E-state index >= 15 is 0 Å². The van der Waals surface area contributed by atoms with E-state index in [4.69, 9.17) is 0 Å². The van der Waals surface area contributed by atoms with Crippen molar-refractivity contribution in [3.63, 3.8) is 0 Å². The number of hydrogen-bond acceptors (Lipinski definition) is 3. The van der Waals surface area contributed by atoms with Gasteiger partial charge in [0, 0.05) is 33.4 Å². The molecule has 0 heterocycles. The van der Waals surface area contributed by atoms with E-state index in [1.165, 1.54) is 50.1 Å². The van der Waals surface area contributed by atoms with Crippen molar-refractivity contribution in [2.75, 3.05) is 0 Å². The number of aromatic hydroxyl groups is 3. The molecule has 0 saturated heterocycles. The molecule has 0 aliphatic carbocycles. The van der Waals surface area contributed by atoms with E-state index in [-0.39, 0.29) is 32.5 Å². The second-order valence-corrected chi connectivity index (χ2v) is 24.0. The number of phenols is 3. The Kier molecular flexibility index (Phi) is 17.0. The Balaban J connectivity index is 2.26. The molecule has 0 aromatic heterocycles. The largest absolute Gasteiger partial charge is 0.507 e. The zero-order valence-electron chi connectivity index (χ0n) is 46.3. The highest BCUT2D eigenvalue weighted by molar-refractivity contribution is 5.60. The van der Waals surface area contributed by atoms with E-state index in [2.05, 4.69) is 182 Å². The Labute approximate surface area is 405 Å². The van der Waals surface area contributed by atoms with E-state index in [0.29, 0.717) is 17.2 Å². The lowest BCUT2D eigenvalue weighted by molar-refractivity contribution is 0.399. The first kappa shape index (κ1) is 54.9. The third-order valence-electron chi connectivity index (χ3n) is 17.6. The summed E-state index contributed by atoms with van der Waals surface area (Å²) >= 11 is 0. The maximum atomic E-state index is 12.1. The van der Waals surface area contributed by atoms with E-state index in [0.717, 1.165) is 110 Å². The van der Waals surface area contributed by atoms with Crippen molar-refractivity contribution in [1.29, 1.82) is 0 Å². The topological polar surface area (TPSA) is 60.7 Å². The highest BCUT2D eigenvalue weighted by Crippen LogP contribution is 2.47.